The highest BCUT2D eigenvalue weighted by molar-refractivity contribution is 6.12. The molecule has 4 aromatic heterocycles. The van der Waals surface area contributed by atoms with Gasteiger partial charge in [-0.1, -0.05) is 109 Å². The molecule has 5 aromatic carbocycles. The van der Waals surface area contributed by atoms with Gasteiger partial charge in [-0.15, -0.1) is 0 Å². The summed E-state index contributed by atoms with van der Waals surface area (Å²) in [5.41, 5.74) is 8.74. The summed E-state index contributed by atoms with van der Waals surface area (Å²) in [5.74, 6) is 1.78. The molecule has 47 heavy (non-hydrogen) atoms. The second-order valence-electron chi connectivity index (χ2n) is 11.2. The molecule has 7 nitrogen and oxygen atoms in total. The molecule has 9 aromatic rings. The lowest BCUT2D eigenvalue weighted by Gasteiger charge is -2.12. The Hall–Kier alpha value is -6.60. The lowest BCUT2D eigenvalue weighted by atomic mass is 10.0. The number of nitrogens with zero attached hydrogens (tertiary/aromatic N) is 6. The number of benzene rings is 5. The maximum absolute atomic E-state index is 6.21. The fourth-order valence-electron chi connectivity index (χ4n) is 5.96. The molecule has 0 fully saturated rings. The molecule has 0 radical (unpaired) electrons. The van der Waals surface area contributed by atoms with E-state index in [-0.39, 0.29) is 0 Å². The number of hydrogen-bond donors (Lipinski definition) is 0. The third kappa shape index (κ3) is 4.78. The molecule has 0 atom stereocenters. The van der Waals surface area contributed by atoms with Gasteiger partial charge in [0, 0.05) is 33.8 Å². The highest BCUT2D eigenvalue weighted by atomic mass is 16.3. The smallest absolute Gasteiger partial charge is 0.164 e. The van der Waals surface area contributed by atoms with Gasteiger partial charge in [-0.25, -0.2) is 24.9 Å². The van der Waals surface area contributed by atoms with Crippen molar-refractivity contribution in [2.45, 2.75) is 0 Å². The number of furan rings is 1. The molecule has 0 unspecified atom stereocenters. The molecular weight excluding hydrogens is 580 g/mol. The average Bonchev–Trinajstić information content (AvgIpc) is 3.54. The molecule has 0 saturated carbocycles. The van der Waals surface area contributed by atoms with Crippen molar-refractivity contribution in [3.8, 4) is 56.8 Å². The van der Waals surface area contributed by atoms with E-state index < -0.39 is 0 Å². The highest BCUT2D eigenvalue weighted by Gasteiger charge is 2.21. The topological polar surface area (TPSA) is 90.5 Å². The molecule has 7 heteroatoms. The van der Waals surface area contributed by atoms with Gasteiger partial charge >= 0.3 is 0 Å². The molecule has 0 bridgehead atoms. The van der Waals surface area contributed by atoms with Crippen LogP contribution in [0.3, 0.4) is 0 Å². The Labute approximate surface area is 269 Å². The molecule has 4 heterocycles. The highest BCUT2D eigenvalue weighted by Crippen LogP contribution is 2.39. The largest absolute Gasteiger partial charge is 0.456 e. The van der Waals surface area contributed by atoms with Crippen LogP contribution in [-0.2, 0) is 0 Å². The van der Waals surface area contributed by atoms with Crippen molar-refractivity contribution in [1.29, 1.82) is 0 Å². The third-order valence-corrected chi connectivity index (χ3v) is 8.18. The fourth-order valence-corrected chi connectivity index (χ4v) is 5.96. The summed E-state index contributed by atoms with van der Waals surface area (Å²) in [5, 5.41) is 1.88. The predicted octanol–water partition coefficient (Wildman–Crippen LogP) is 9.44. The van der Waals surface area contributed by atoms with Gasteiger partial charge < -0.3 is 4.42 Å². The molecule has 0 aliphatic carbocycles. The first kappa shape index (κ1) is 26.8. The standard InChI is InChI=1S/C40H24N6O/c1-3-12-25(13-4-1)38-44-39(26-14-5-2-6-15-26)46-40(45-38)28-17-11-16-27(24-28)35-37(43-31-20-9-8-19-30(31)42-35)36-34-29-18-7-10-21-32(29)47-33(34)22-23-41-36/h1-24H. The summed E-state index contributed by atoms with van der Waals surface area (Å²) in [6, 6.07) is 45.8. The average molecular weight is 605 g/mol. The van der Waals surface area contributed by atoms with E-state index in [9.17, 15) is 0 Å². The number of aromatic nitrogens is 6. The van der Waals surface area contributed by atoms with Gasteiger partial charge in [0.15, 0.2) is 17.5 Å². The van der Waals surface area contributed by atoms with Gasteiger partial charge in [0.1, 0.15) is 22.6 Å². The molecular formula is C40H24N6O. The van der Waals surface area contributed by atoms with Crippen LogP contribution in [-0.4, -0.2) is 29.9 Å². The summed E-state index contributed by atoms with van der Waals surface area (Å²) in [7, 11) is 0. The fraction of sp³-hybridized carbons (Fsp3) is 0. The van der Waals surface area contributed by atoms with E-state index in [1.54, 1.807) is 6.20 Å². The molecule has 0 saturated heterocycles. The normalized spacial score (nSPS) is 11.4. The number of hydrogen-bond acceptors (Lipinski definition) is 7. The van der Waals surface area contributed by atoms with Crippen molar-refractivity contribution in [3.05, 3.63) is 146 Å². The monoisotopic (exact) mass is 604 g/mol. The molecule has 9 rings (SSSR count). The van der Waals surface area contributed by atoms with Crippen LogP contribution in [0.2, 0.25) is 0 Å². The minimum atomic E-state index is 0.566. The number of para-hydroxylation sites is 3. The van der Waals surface area contributed by atoms with Crippen molar-refractivity contribution in [2.75, 3.05) is 0 Å². The molecule has 220 valence electrons. The van der Waals surface area contributed by atoms with E-state index in [1.807, 2.05) is 127 Å². The first-order valence-electron chi connectivity index (χ1n) is 15.3. The maximum Gasteiger partial charge on any atom is 0.164 e. The van der Waals surface area contributed by atoms with E-state index in [2.05, 4.69) is 12.1 Å². The summed E-state index contributed by atoms with van der Waals surface area (Å²) in [6.45, 7) is 0. The van der Waals surface area contributed by atoms with Crippen molar-refractivity contribution in [2.24, 2.45) is 0 Å². The molecule has 0 amide bonds. The van der Waals surface area contributed by atoms with Crippen LogP contribution in [0.25, 0.3) is 89.8 Å². The molecule has 0 aliphatic rings. The first-order valence-corrected chi connectivity index (χ1v) is 15.3. The summed E-state index contributed by atoms with van der Waals surface area (Å²) >= 11 is 0. The van der Waals surface area contributed by atoms with Gasteiger partial charge in [-0.3, -0.25) is 4.98 Å². The molecule has 0 aliphatic heterocycles. The predicted molar refractivity (Wildman–Crippen MR) is 185 cm³/mol. The molecule has 0 N–H and O–H groups in total. The zero-order valence-corrected chi connectivity index (χ0v) is 24.9. The SMILES string of the molecule is c1ccc(-c2nc(-c3ccccc3)nc(-c3cccc(-c4nc5ccccc5nc4-c4nccc5oc6ccccc6c45)c3)n2)cc1. The van der Waals surface area contributed by atoms with E-state index in [1.165, 1.54) is 0 Å². The second-order valence-corrected chi connectivity index (χ2v) is 11.2. The van der Waals surface area contributed by atoms with Gasteiger partial charge in [-0.05, 0) is 30.3 Å². The van der Waals surface area contributed by atoms with Crippen molar-refractivity contribution < 1.29 is 4.42 Å². The van der Waals surface area contributed by atoms with E-state index >= 15 is 0 Å². The van der Waals surface area contributed by atoms with Crippen LogP contribution in [0.1, 0.15) is 0 Å². The Balaban J connectivity index is 1.26. The van der Waals surface area contributed by atoms with Crippen LogP contribution < -0.4 is 0 Å². The number of fused-ring (bicyclic) bond motifs is 4. The zero-order chi connectivity index (χ0) is 31.2. The summed E-state index contributed by atoms with van der Waals surface area (Å²) < 4.78 is 6.21. The van der Waals surface area contributed by atoms with Gasteiger partial charge in [0.05, 0.1) is 22.1 Å². The summed E-state index contributed by atoms with van der Waals surface area (Å²) in [6.07, 6.45) is 1.76. The Kier molecular flexibility index (Phi) is 6.31. The van der Waals surface area contributed by atoms with Crippen LogP contribution in [0, 0.1) is 0 Å². The van der Waals surface area contributed by atoms with Crippen molar-refractivity contribution in [1.82, 2.24) is 29.9 Å². The van der Waals surface area contributed by atoms with Crippen molar-refractivity contribution in [3.63, 3.8) is 0 Å². The lowest BCUT2D eigenvalue weighted by molar-refractivity contribution is 0.668. The molecule has 0 spiro atoms. The van der Waals surface area contributed by atoms with Gasteiger partial charge in [0.25, 0.3) is 0 Å². The maximum atomic E-state index is 6.21. The van der Waals surface area contributed by atoms with E-state index in [0.29, 0.717) is 34.6 Å². The Bertz CT molecular complexity index is 2520. The minimum Gasteiger partial charge on any atom is -0.456 e. The van der Waals surface area contributed by atoms with Crippen LogP contribution in [0.15, 0.2) is 150 Å². The first-order chi connectivity index (χ1) is 23.3. The van der Waals surface area contributed by atoms with Crippen LogP contribution in [0.4, 0.5) is 0 Å². The summed E-state index contributed by atoms with van der Waals surface area (Å²) in [4.78, 5) is 30.0. The zero-order valence-electron chi connectivity index (χ0n) is 24.9. The van der Waals surface area contributed by atoms with Crippen molar-refractivity contribution >= 4 is 33.0 Å². The van der Waals surface area contributed by atoms with Crippen LogP contribution in [0.5, 0.6) is 0 Å². The second kappa shape index (κ2) is 11.1. The minimum absolute atomic E-state index is 0.566. The Morgan fingerprint density at radius 2 is 0.936 bits per heavy atom. The third-order valence-electron chi connectivity index (χ3n) is 8.18. The Morgan fingerprint density at radius 1 is 0.383 bits per heavy atom. The quantitative estimate of drug-likeness (QED) is 0.193. The van der Waals surface area contributed by atoms with E-state index in [4.69, 9.17) is 34.3 Å². The lowest BCUT2D eigenvalue weighted by Crippen LogP contribution is -2.01. The Morgan fingerprint density at radius 3 is 1.64 bits per heavy atom. The van der Waals surface area contributed by atoms with Gasteiger partial charge in [0.2, 0.25) is 0 Å². The number of rotatable bonds is 5. The van der Waals surface area contributed by atoms with E-state index in [0.717, 1.165) is 55.2 Å². The van der Waals surface area contributed by atoms with Gasteiger partial charge in [-0.2, -0.15) is 0 Å². The number of pyridine rings is 1. The van der Waals surface area contributed by atoms with Crippen LogP contribution >= 0.6 is 0 Å².